The predicted octanol–water partition coefficient (Wildman–Crippen LogP) is 2.00. The minimum atomic E-state index is -1.04. The first-order valence-electron chi connectivity index (χ1n) is 5.93. The number of carboxylic acids is 1. The summed E-state index contributed by atoms with van der Waals surface area (Å²) in [6.45, 7) is 4.80. The van der Waals surface area contributed by atoms with Crippen molar-refractivity contribution < 1.29 is 19.4 Å². The number of ether oxygens (including phenoxy) is 1. The molecule has 1 amide bonds. The summed E-state index contributed by atoms with van der Waals surface area (Å²) in [7, 11) is 0. The summed E-state index contributed by atoms with van der Waals surface area (Å²) < 4.78 is 5.32. The van der Waals surface area contributed by atoms with Crippen molar-refractivity contribution in [2.75, 3.05) is 13.2 Å². The summed E-state index contributed by atoms with van der Waals surface area (Å²) in [5.74, 6) is -1.26. The van der Waals surface area contributed by atoms with Crippen LogP contribution in [-0.4, -0.2) is 36.2 Å². The van der Waals surface area contributed by atoms with Crippen LogP contribution in [0.5, 0.6) is 0 Å². The Kier molecular flexibility index (Phi) is 6.24. The van der Waals surface area contributed by atoms with E-state index in [4.69, 9.17) is 9.84 Å². The highest BCUT2D eigenvalue weighted by atomic mass is 32.1. The number of thiophene rings is 1. The van der Waals surface area contributed by atoms with E-state index in [9.17, 15) is 9.59 Å². The van der Waals surface area contributed by atoms with Crippen LogP contribution in [0.25, 0.3) is 6.08 Å². The van der Waals surface area contributed by atoms with E-state index in [1.165, 1.54) is 17.4 Å². The first-order valence-corrected chi connectivity index (χ1v) is 6.80. The van der Waals surface area contributed by atoms with Gasteiger partial charge in [-0.2, -0.15) is 0 Å². The van der Waals surface area contributed by atoms with Gasteiger partial charge in [-0.25, -0.2) is 4.79 Å². The van der Waals surface area contributed by atoms with E-state index in [2.05, 4.69) is 5.32 Å². The van der Waals surface area contributed by atoms with Gasteiger partial charge in [0.25, 0.3) is 5.91 Å². The van der Waals surface area contributed by atoms with Crippen LogP contribution < -0.4 is 5.32 Å². The van der Waals surface area contributed by atoms with Crippen LogP contribution in [-0.2, 0) is 9.53 Å². The van der Waals surface area contributed by atoms with Crippen LogP contribution in [0.2, 0.25) is 0 Å². The van der Waals surface area contributed by atoms with Crippen molar-refractivity contribution in [3.63, 3.8) is 0 Å². The molecule has 0 radical (unpaired) electrons. The number of amides is 1. The minimum absolute atomic E-state index is 0.0491. The third-order valence-electron chi connectivity index (χ3n) is 2.31. The molecule has 1 rings (SSSR count). The van der Waals surface area contributed by atoms with Gasteiger partial charge in [-0.1, -0.05) is 0 Å². The molecule has 1 aromatic rings. The van der Waals surface area contributed by atoms with E-state index in [0.29, 0.717) is 23.6 Å². The first kappa shape index (κ1) is 15.4. The van der Waals surface area contributed by atoms with Crippen molar-refractivity contribution in [3.05, 3.63) is 28.0 Å². The number of carbonyl (C=O) groups excluding carboxylic acids is 1. The molecule has 0 aliphatic heterocycles. The van der Waals surface area contributed by atoms with Gasteiger partial charge < -0.3 is 15.2 Å². The lowest BCUT2D eigenvalue weighted by Gasteiger charge is -2.12. The predicted molar refractivity (Wildman–Crippen MR) is 74.4 cm³/mol. The van der Waals surface area contributed by atoms with Crippen LogP contribution in [0.4, 0.5) is 0 Å². The fourth-order valence-corrected chi connectivity index (χ4v) is 2.26. The maximum atomic E-state index is 11.9. The number of carbonyl (C=O) groups is 2. The van der Waals surface area contributed by atoms with Crippen molar-refractivity contribution in [1.29, 1.82) is 0 Å². The Morgan fingerprint density at radius 1 is 1.58 bits per heavy atom. The highest BCUT2D eigenvalue weighted by Crippen LogP contribution is 2.18. The number of rotatable bonds is 7. The normalized spacial score (nSPS) is 12.5. The standard InChI is InChI=1S/C13H17NO4S/c1-3-18-9(2)8-14-13(17)12-10(6-7-19-12)4-5-11(15)16/h4-7,9H,3,8H2,1-2H3,(H,14,17)(H,15,16)/b5-4+. The van der Waals surface area contributed by atoms with Gasteiger partial charge in [0.1, 0.15) is 0 Å². The summed E-state index contributed by atoms with van der Waals surface area (Å²) in [6, 6.07) is 1.71. The van der Waals surface area contributed by atoms with Gasteiger partial charge in [0, 0.05) is 19.2 Å². The van der Waals surface area contributed by atoms with E-state index in [1.807, 2.05) is 13.8 Å². The van der Waals surface area contributed by atoms with E-state index >= 15 is 0 Å². The smallest absolute Gasteiger partial charge is 0.328 e. The van der Waals surface area contributed by atoms with Gasteiger partial charge in [-0.15, -0.1) is 11.3 Å². The molecule has 1 aromatic heterocycles. The monoisotopic (exact) mass is 283 g/mol. The SMILES string of the molecule is CCOC(C)CNC(=O)c1sccc1/C=C/C(=O)O. The Labute approximate surface area is 115 Å². The lowest BCUT2D eigenvalue weighted by molar-refractivity contribution is -0.131. The average molecular weight is 283 g/mol. The quantitative estimate of drug-likeness (QED) is 0.750. The molecule has 1 heterocycles. The summed E-state index contributed by atoms with van der Waals surface area (Å²) >= 11 is 1.28. The van der Waals surface area contributed by atoms with Gasteiger partial charge in [0.15, 0.2) is 0 Å². The van der Waals surface area contributed by atoms with Crippen molar-refractivity contribution in [1.82, 2.24) is 5.32 Å². The third kappa shape index (κ3) is 5.23. The second kappa shape index (κ2) is 7.70. The molecule has 0 aliphatic carbocycles. The molecule has 5 nitrogen and oxygen atoms in total. The zero-order chi connectivity index (χ0) is 14.3. The second-order valence-electron chi connectivity index (χ2n) is 3.85. The number of hydrogen-bond acceptors (Lipinski definition) is 4. The lowest BCUT2D eigenvalue weighted by Crippen LogP contribution is -2.31. The second-order valence-corrected chi connectivity index (χ2v) is 4.77. The van der Waals surface area contributed by atoms with Crippen LogP contribution in [0, 0.1) is 0 Å². The summed E-state index contributed by atoms with van der Waals surface area (Å²) in [5.41, 5.74) is 0.606. The molecule has 2 N–H and O–H groups in total. The van der Waals surface area contributed by atoms with Crippen LogP contribution in [0.1, 0.15) is 29.1 Å². The van der Waals surface area contributed by atoms with Crippen LogP contribution >= 0.6 is 11.3 Å². The number of carboxylic acid groups (broad SMARTS) is 1. The summed E-state index contributed by atoms with van der Waals surface area (Å²) in [4.78, 5) is 22.9. The molecule has 0 saturated heterocycles. The van der Waals surface area contributed by atoms with Crippen molar-refractivity contribution in [3.8, 4) is 0 Å². The number of hydrogen-bond donors (Lipinski definition) is 2. The molecule has 1 atom stereocenters. The fraction of sp³-hybridized carbons (Fsp3) is 0.385. The van der Waals surface area contributed by atoms with Gasteiger partial charge in [0.05, 0.1) is 11.0 Å². The molecule has 0 fully saturated rings. The molecule has 0 spiro atoms. The zero-order valence-corrected chi connectivity index (χ0v) is 11.7. The average Bonchev–Trinajstić information content (AvgIpc) is 2.82. The van der Waals surface area contributed by atoms with E-state index in [-0.39, 0.29) is 12.0 Å². The maximum absolute atomic E-state index is 11.9. The Hall–Kier alpha value is -1.66. The molecule has 1 unspecified atom stereocenters. The number of nitrogens with one attached hydrogen (secondary N) is 1. The highest BCUT2D eigenvalue weighted by molar-refractivity contribution is 7.12. The molecule has 6 heteroatoms. The van der Waals surface area contributed by atoms with Gasteiger partial charge in [-0.3, -0.25) is 4.79 Å². The summed E-state index contributed by atoms with van der Waals surface area (Å²) in [6.07, 6.45) is 2.38. The van der Waals surface area contributed by atoms with E-state index in [1.54, 1.807) is 11.4 Å². The van der Waals surface area contributed by atoms with Crippen molar-refractivity contribution in [2.24, 2.45) is 0 Å². The topological polar surface area (TPSA) is 75.6 Å². The molecule has 0 aliphatic rings. The zero-order valence-electron chi connectivity index (χ0n) is 10.9. The van der Waals surface area contributed by atoms with Crippen LogP contribution in [0.15, 0.2) is 17.5 Å². The Morgan fingerprint density at radius 3 is 2.95 bits per heavy atom. The Balaban J connectivity index is 2.62. The molecule has 0 aromatic carbocycles. The summed E-state index contributed by atoms with van der Waals surface area (Å²) in [5, 5.41) is 13.1. The largest absolute Gasteiger partial charge is 0.478 e. The third-order valence-corrected chi connectivity index (χ3v) is 3.24. The first-order chi connectivity index (χ1) is 9.04. The number of aliphatic carboxylic acids is 1. The maximum Gasteiger partial charge on any atom is 0.328 e. The molecule has 19 heavy (non-hydrogen) atoms. The molecular weight excluding hydrogens is 266 g/mol. The molecule has 104 valence electrons. The molecule has 0 bridgehead atoms. The van der Waals surface area contributed by atoms with Crippen molar-refractivity contribution >= 4 is 29.3 Å². The Morgan fingerprint density at radius 2 is 2.32 bits per heavy atom. The lowest BCUT2D eigenvalue weighted by atomic mass is 10.2. The highest BCUT2D eigenvalue weighted by Gasteiger charge is 2.12. The van der Waals surface area contributed by atoms with E-state index < -0.39 is 5.97 Å². The van der Waals surface area contributed by atoms with Crippen molar-refractivity contribution in [2.45, 2.75) is 20.0 Å². The fourth-order valence-electron chi connectivity index (χ4n) is 1.46. The van der Waals surface area contributed by atoms with Crippen LogP contribution in [0.3, 0.4) is 0 Å². The van der Waals surface area contributed by atoms with Gasteiger partial charge >= 0.3 is 5.97 Å². The molecular formula is C13H17NO4S. The van der Waals surface area contributed by atoms with Gasteiger partial charge in [-0.05, 0) is 36.9 Å². The van der Waals surface area contributed by atoms with Gasteiger partial charge in [0.2, 0.25) is 0 Å². The molecule has 0 saturated carbocycles. The minimum Gasteiger partial charge on any atom is -0.478 e. The Bertz CT molecular complexity index is 467. The van der Waals surface area contributed by atoms with E-state index in [0.717, 1.165) is 6.08 Å².